The molecular weight excluding hydrogens is 268 g/mol. The van der Waals surface area contributed by atoms with Crippen molar-refractivity contribution in [2.24, 2.45) is 0 Å². The van der Waals surface area contributed by atoms with Gasteiger partial charge in [-0.15, -0.1) is 11.3 Å². The third-order valence-electron chi connectivity index (χ3n) is 2.46. The number of nitrogens with zero attached hydrogens (tertiary/aromatic N) is 1. The maximum atomic E-state index is 11.6. The molecule has 0 fully saturated rings. The molecule has 0 unspecified atom stereocenters. The van der Waals surface area contributed by atoms with Crippen molar-refractivity contribution in [2.45, 2.75) is 19.3 Å². The van der Waals surface area contributed by atoms with Crippen molar-refractivity contribution in [1.82, 2.24) is 4.98 Å². The Bertz CT molecular complexity index is 496. The molecule has 1 aromatic carbocycles. The van der Waals surface area contributed by atoms with Crippen molar-refractivity contribution in [3.63, 3.8) is 0 Å². The van der Waals surface area contributed by atoms with E-state index in [9.17, 15) is 4.79 Å². The summed E-state index contributed by atoms with van der Waals surface area (Å²) in [7, 11) is 0. The zero-order valence-corrected chi connectivity index (χ0v) is 11.3. The molecule has 18 heavy (non-hydrogen) atoms. The number of anilines is 1. The van der Waals surface area contributed by atoms with E-state index in [1.54, 1.807) is 6.20 Å². The van der Waals surface area contributed by atoms with Crippen molar-refractivity contribution in [3.8, 4) is 0 Å². The summed E-state index contributed by atoms with van der Waals surface area (Å²) >= 11 is 7.23. The first-order valence-corrected chi connectivity index (χ1v) is 6.93. The van der Waals surface area contributed by atoms with Crippen LogP contribution < -0.4 is 5.32 Å². The molecule has 0 aliphatic rings. The number of rotatable bonds is 5. The predicted molar refractivity (Wildman–Crippen MR) is 75.1 cm³/mol. The van der Waals surface area contributed by atoms with Gasteiger partial charge in [-0.1, -0.05) is 23.7 Å². The molecule has 0 saturated carbocycles. The Morgan fingerprint density at radius 3 is 2.78 bits per heavy atom. The van der Waals surface area contributed by atoms with Crippen LogP contribution in [0.25, 0.3) is 0 Å². The first kappa shape index (κ1) is 13.1. The number of nitrogens with one attached hydrogen (secondary N) is 1. The van der Waals surface area contributed by atoms with Gasteiger partial charge >= 0.3 is 0 Å². The summed E-state index contributed by atoms with van der Waals surface area (Å²) in [6.07, 6.45) is 3.87. The Morgan fingerprint density at radius 1 is 1.33 bits per heavy atom. The van der Waals surface area contributed by atoms with Crippen LogP contribution in [0, 0.1) is 0 Å². The summed E-state index contributed by atoms with van der Waals surface area (Å²) in [4.78, 5) is 15.6. The molecule has 1 N–H and O–H groups in total. The smallest absolute Gasteiger partial charge is 0.226 e. The van der Waals surface area contributed by atoms with Gasteiger partial charge < -0.3 is 5.32 Å². The van der Waals surface area contributed by atoms with Crippen LogP contribution in [-0.4, -0.2) is 10.9 Å². The maximum Gasteiger partial charge on any atom is 0.226 e. The van der Waals surface area contributed by atoms with Gasteiger partial charge in [-0.3, -0.25) is 4.79 Å². The third-order valence-corrected chi connectivity index (χ3v) is 3.40. The summed E-state index contributed by atoms with van der Waals surface area (Å²) in [5.74, 6) is 0.0129. The van der Waals surface area contributed by atoms with E-state index < -0.39 is 0 Å². The second-order valence-corrected chi connectivity index (χ2v) is 5.20. The van der Waals surface area contributed by atoms with Gasteiger partial charge in [0.2, 0.25) is 5.91 Å². The van der Waals surface area contributed by atoms with Gasteiger partial charge in [0, 0.05) is 23.0 Å². The number of thiazole rings is 1. The van der Waals surface area contributed by atoms with Crippen LogP contribution in [0.2, 0.25) is 5.02 Å². The fraction of sp³-hybridized carbons (Fsp3) is 0.231. The van der Waals surface area contributed by atoms with Crippen molar-refractivity contribution in [1.29, 1.82) is 0 Å². The Kier molecular flexibility index (Phi) is 4.73. The van der Waals surface area contributed by atoms with Gasteiger partial charge in [0.25, 0.3) is 0 Å². The lowest BCUT2D eigenvalue weighted by atomic mass is 10.1. The molecule has 0 radical (unpaired) electrons. The topological polar surface area (TPSA) is 42.0 Å². The second-order valence-electron chi connectivity index (χ2n) is 3.87. The lowest BCUT2D eigenvalue weighted by Crippen LogP contribution is -2.11. The molecule has 0 bridgehead atoms. The molecule has 3 nitrogen and oxygen atoms in total. The monoisotopic (exact) mass is 280 g/mol. The Hall–Kier alpha value is -1.39. The predicted octanol–water partition coefficient (Wildman–Crippen LogP) is 3.76. The number of amides is 1. The highest BCUT2D eigenvalue weighted by molar-refractivity contribution is 7.13. The van der Waals surface area contributed by atoms with Crippen LogP contribution in [0.4, 0.5) is 5.13 Å². The van der Waals surface area contributed by atoms with E-state index in [-0.39, 0.29) is 5.91 Å². The average molecular weight is 281 g/mol. The van der Waals surface area contributed by atoms with Crippen LogP contribution in [-0.2, 0) is 11.2 Å². The van der Waals surface area contributed by atoms with Crippen LogP contribution in [0.1, 0.15) is 18.4 Å². The lowest BCUT2D eigenvalue weighted by Gasteiger charge is -2.02. The largest absolute Gasteiger partial charge is 0.302 e. The molecule has 0 spiro atoms. The van der Waals surface area contributed by atoms with Gasteiger partial charge in [-0.05, 0) is 30.5 Å². The Morgan fingerprint density at radius 2 is 2.11 bits per heavy atom. The zero-order valence-electron chi connectivity index (χ0n) is 9.73. The van der Waals surface area contributed by atoms with Gasteiger partial charge in [0.15, 0.2) is 5.13 Å². The van der Waals surface area contributed by atoms with E-state index in [1.807, 2.05) is 29.6 Å². The van der Waals surface area contributed by atoms with E-state index in [2.05, 4.69) is 10.3 Å². The van der Waals surface area contributed by atoms with Crippen LogP contribution >= 0.6 is 22.9 Å². The van der Waals surface area contributed by atoms with Crippen LogP contribution in [0.3, 0.4) is 0 Å². The number of hydrogen-bond acceptors (Lipinski definition) is 3. The average Bonchev–Trinajstić information content (AvgIpc) is 2.84. The van der Waals surface area contributed by atoms with E-state index >= 15 is 0 Å². The molecule has 0 aliphatic heterocycles. The zero-order chi connectivity index (χ0) is 12.8. The maximum absolute atomic E-state index is 11.6. The van der Waals surface area contributed by atoms with E-state index in [0.29, 0.717) is 11.6 Å². The minimum atomic E-state index is 0.0129. The molecule has 1 amide bonds. The molecule has 2 rings (SSSR count). The van der Waals surface area contributed by atoms with E-state index in [1.165, 1.54) is 16.9 Å². The summed E-state index contributed by atoms with van der Waals surface area (Å²) < 4.78 is 0. The van der Waals surface area contributed by atoms with E-state index in [0.717, 1.165) is 17.9 Å². The number of hydrogen-bond donors (Lipinski definition) is 1. The molecule has 2 aromatic rings. The number of carbonyl (C=O) groups is 1. The number of carbonyl (C=O) groups excluding carboxylic acids is 1. The van der Waals surface area contributed by atoms with Gasteiger partial charge in [-0.25, -0.2) is 4.98 Å². The highest BCUT2D eigenvalue weighted by Gasteiger charge is 2.04. The van der Waals surface area contributed by atoms with Crippen LogP contribution in [0.5, 0.6) is 0 Å². The summed E-state index contributed by atoms with van der Waals surface area (Å²) in [6.45, 7) is 0. The molecule has 1 aromatic heterocycles. The standard InChI is InChI=1S/C13H13ClN2OS/c14-11-6-4-10(5-7-11)2-1-3-12(17)16-13-15-8-9-18-13/h4-9H,1-3H2,(H,15,16,17). The van der Waals surface area contributed by atoms with Gasteiger partial charge in [-0.2, -0.15) is 0 Å². The van der Waals surface area contributed by atoms with E-state index in [4.69, 9.17) is 11.6 Å². The summed E-state index contributed by atoms with van der Waals surface area (Å²) in [6, 6.07) is 7.71. The fourth-order valence-corrected chi connectivity index (χ4v) is 2.24. The lowest BCUT2D eigenvalue weighted by molar-refractivity contribution is -0.116. The molecule has 1 heterocycles. The Labute approximate surface area is 115 Å². The van der Waals surface area contributed by atoms with Crippen molar-refractivity contribution in [2.75, 3.05) is 5.32 Å². The number of halogens is 1. The van der Waals surface area contributed by atoms with Gasteiger partial charge in [0.05, 0.1) is 0 Å². The number of benzene rings is 1. The SMILES string of the molecule is O=C(CCCc1ccc(Cl)cc1)Nc1nccs1. The first-order valence-electron chi connectivity index (χ1n) is 5.68. The number of aromatic nitrogens is 1. The molecule has 0 atom stereocenters. The highest BCUT2D eigenvalue weighted by atomic mass is 35.5. The summed E-state index contributed by atoms with van der Waals surface area (Å²) in [5.41, 5.74) is 1.20. The van der Waals surface area contributed by atoms with Crippen molar-refractivity contribution >= 4 is 34.0 Å². The van der Waals surface area contributed by atoms with Crippen LogP contribution in [0.15, 0.2) is 35.8 Å². The molecular formula is C13H13ClN2OS. The molecule has 0 aliphatic carbocycles. The van der Waals surface area contributed by atoms with Gasteiger partial charge in [0.1, 0.15) is 0 Å². The molecule has 0 saturated heterocycles. The molecule has 94 valence electrons. The minimum absolute atomic E-state index is 0.0129. The first-order chi connectivity index (χ1) is 8.74. The normalized spacial score (nSPS) is 10.3. The number of aryl methyl sites for hydroxylation is 1. The summed E-state index contributed by atoms with van der Waals surface area (Å²) in [5, 5.41) is 6.00. The minimum Gasteiger partial charge on any atom is -0.302 e. The van der Waals surface area contributed by atoms with Crippen molar-refractivity contribution < 1.29 is 4.79 Å². The molecule has 5 heteroatoms. The quantitative estimate of drug-likeness (QED) is 0.906. The second kappa shape index (κ2) is 6.52. The Balaban J connectivity index is 1.72. The highest BCUT2D eigenvalue weighted by Crippen LogP contribution is 2.13. The third kappa shape index (κ3) is 4.13. The fourth-order valence-electron chi connectivity index (χ4n) is 1.57. The van der Waals surface area contributed by atoms with Crippen molar-refractivity contribution in [3.05, 3.63) is 46.4 Å².